The predicted molar refractivity (Wildman–Crippen MR) is 78.5 cm³/mol. The lowest BCUT2D eigenvalue weighted by atomic mass is 9.83. The number of phenols is 1. The first-order valence-electron chi connectivity index (χ1n) is 5.62. The fraction of sp³-hybridized carbons (Fsp3) is 0. The highest BCUT2D eigenvalue weighted by atomic mass is 79.9. The van der Waals surface area contributed by atoms with Gasteiger partial charge >= 0.3 is 0 Å². The van der Waals surface area contributed by atoms with Crippen LogP contribution >= 0.6 is 27.5 Å². The fourth-order valence-corrected chi connectivity index (χ4v) is 3.00. The number of carbonyl (C=O) groups excluding carboxylic acids is 2. The number of fused-ring (bicyclic) bond motifs is 2. The molecule has 0 unspecified atom stereocenters. The molecule has 4 nitrogen and oxygen atoms in total. The van der Waals surface area contributed by atoms with Crippen molar-refractivity contribution in [3.05, 3.63) is 56.0 Å². The standard InChI is InChI=1S/C14H7BrClNO3/c15-6-4-8(18)10-11(12(6)17)14(20)9-5(13(10)19)2-1-3-7(9)16/h1-4,18H,17H2. The van der Waals surface area contributed by atoms with Crippen molar-refractivity contribution in [3.8, 4) is 5.75 Å². The maximum atomic E-state index is 12.6. The maximum absolute atomic E-state index is 12.6. The predicted octanol–water partition coefficient (Wildman–Crippen LogP) is 3.17. The molecule has 0 bridgehead atoms. The Morgan fingerprint density at radius 3 is 2.50 bits per heavy atom. The Morgan fingerprint density at radius 1 is 1.10 bits per heavy atom. The van der Waals surface area contributed by atoms with E-state index in [0.717, 1.165) is 0 Å². The number of nitrogen functional groups attached to an aromatic ring is 1. The summed E-state index contributed by atoms with van der Waals surface area (Å²) < 4.78 is 0.352. The second-order valence-corrected chi connectivity index (χ2v) is 5.62. The Morgan fingerprint density at radius 2 is 1.80 bits per heavy atom. The molecule has 20 heavy (non-hydrogen) atoms. The highest BCUT2D eigenvalue weighted by Crippen LogP contribution is 2.41. The van der Waals surface area contributed by atoms with Crippen molar-refractivity contribution in [1.29, 1.82) is 0 Å². The first-order valence-corrected chi connectivity index (χ1v) is 6.79. The minimum atomic E-state index is -0.464. The van der Waals surface area contributed by atoms with Gasteiger partial charge in [0.05, 0.1) is 27.4 Å². The van der Waals surface area contributed by atoms with Gasteiger partial charge < -0.3 is 10.8 Å². The van der Waals surface area contributed by atoms with Gasteiger partial charge in [0, 0.05) is 10.0 Å². The summed E-state index contributed by atoms with van der Waals surface area (Å²) >= 11 is 9.16. The molecule has 3 N–H and O–H groups in total. The van der Waals surface area contributed by atoms with Crippen LogP contribution in [0.1, 0.15) is 31.8 Å². The summed E-state index contributed by atoms with van der Waals surface area (Å²) in [4.78, 5) is 25.0. The third-order valence-electron chi connectivity index (χ3n) is 3.24. The minimum Gasteiger partial charge on any atom is -0.507 e. The largest absolute Gasteiger partial charge is 0.507 e. The number of nitrogens with two attached hydrogens (primary N) is 1. The van der Waals surface area contributed by atoms with Gasteiger partial charge in [0.25, 0.3) is 0 Å². The summed E-state index contributed by atoms with van der Waals surface area (Å²) in [6, 6.07) is 5.91. The molecule has 6 heteroatoms. The van der Waals surface area contributed by atoms with E-state index in [1.807, 2.05) is 0 Å². The number of phenolic OH excluding ortho intramolecular Hbond substituents is 1. The summed E-state index contributed by atoms with van der Waals surface area (Å²) in [5, 5.41) is 10.1. The molecule has 1 aliphatic rings. The van der Waals surface area contributed by atoms with Crippen molar-refractivity contribution in [2.24, 2.45) is 0 Å². The number of aromatic hydroxyl groups is 1. The second kappa shape index (κ2) is 4.33. The van der Waals surface area contributed by atoms with E-state index in [0.29, 0.717) is 4.47 Å². The van der Waals surface area contributed by atoms with E-state index in [2.05, 4.69) is 15.9 Å². The van der Waals surface area contributed by atoms with Crippen molar-refractivity contribution in [2.45, 2.75) is 0 Å². The van der Waals surface area contributed by atoms with E-state index in [9.17, 15) is 14.7 Å². The number of rotatable bonds is 0. The smallest absolute Gasteiger partial charge is 0.198 e. The van der Waals surface area contributed by atoms with Crippen molar-refractivity contribution < 1.29 is 14.7 Å². The quantitative estimate of drug-likeness (QED) is 0.481. The van der Waals surface area contributed by atoms with Crippen molar-refractivity contribution in [2.75, 3.05) is 5.73 Å². The molecule has 0 fully saturated rings. The van der Waals surface area contributed by atoms with Gasteiger partial charge in [-0.3, -0.25) is 9.59 Å². The fourth-order valence-electron chi connectivity index (χ4n) is 2.32. The van der Waals surface area contributed by atoms with Gasteiger partial charge in [-0.05, 0) is 28.1 Å². The topological polar surface area (TPSA) is 80.4 Å². The summed E-state index contributed by atoms with van der Waals surface area (Å²) in [5.41, 5.74) is 6.18. The Hall–Kier alpha value is -1.85. The second-order valence-electron chi connectivity index (χ2n) is 4.36. The lowest BCUT2D eigenvalue weighted by Crippen LogP contribution is -2.23. The molecule has 0 aromatic heterocycles. The molecule has 0 amide bonds. The zero-order valence-corrected chi connectivity index (χ0v) is 12.2. The van der Waals surface area contributed by atoms with Crippen LogP contribution in [-0.2, 0) is 0 Å². The van der Waals surface area contributed by atoms with Crippen LogP contribution in [0, 0.1) is 0 Å². The lowest BCUT2D eigenvalue weighted by molar-refractivity contribution is 0.0977. The highest BCUT2D eigenvalue weighted by Gasteiger charge is 2.35. The van der Waals surface area contributed by atoms with Crippen LogP contribution in [0.25, 0.3) is 0 Å². The number of benzene rings is 2. The van der Waals surface area contributed by atoms with Crippen LogP contribution in [0.3, 0.4) is 0 Å². The molecule has 0 atom stereocenters. The number of carbonyl (C=O) groups is 2. The summed E-state index contributed by atoms with van der Waals surface area (Å²) in [5.74, 6) is -1.21. The Kier molecular flexibility index (Phi) is 2.84. The van der Waals surface area contributed by atoms with Crippen LogP contribution in [-0.4, -0.2) is 16.7 Å². The third kappa shape index (κ3) is 1.60. The van der Waals surface area contributed by atoms with Gasteiger partial charge in [-0.2, -0.15) is 0 Å². The van der Waals surface area contributed by atoms with Crippen molar-refractivity contribution >= 4 is 44.8 Å². The van der Waals surface area contributed by atoms with E-state index < -0.39 is 11.6 Å². The van der Waals surface area contributed by atoms with E-state index in [4.69, 9.17) is 17.3 Å². The molecule has 0 spiro atoms. The van der Waals surface area contributed by atoms with Gasteiger partial charge in [0.1, 0.15) is 5.75 Å². The number of hydrogen-bond acceptors (Lipinski definition) is 4. The van der Waals surface area contributed by atoms with Gasteiger partial charge in [-0.15, -0.1) is 0 Å². The van der Waals surface area contributed by atoms with Crippen molar-refractivity contribution in [1.82, 2.24) is 0 Å². The van der Waals surface area contributed by atoms with Gasteiger partial charge in [-0.25, -0.2) is 0 Å². The third-order valence-corrected chi connectivity index (χ3v) is 4.21. The van der Waals surface area contributed by atoms with Crippen LogP contribution < -0.4 is 5.73 Å². The Bertz CT molecular complexity index is 801. The number of anilines is 1. The number of halogens is 2. The number of ketones is 2. The molecule has 2 aromatic rings. The normalized spacial score (nSPS) is 13.1. The molecule has 2 aromatic carbocycles. The minimum absolute atomic E-state index is 0.0116. The summed E-state index contributed by atoms with van der Waals surface area (Å²) in [6.07, 6.45) is 0. The molecular formula is C14H7BrClNO3. The molecule has 0 aliphatic heterocycles. The maximum Gasteiger partial charge on any atom is 0.198 e. The van der Waals surface area contributed by atoms with E-state index >= 15 is 0 Å². The molecule has 0 heterocycles. The lowest BCUT2D eigenvalue weighted by Gasteiger charge is -2.21. The summed E-state index contributed by atoms with van der Waals surface area (Å²) in [6.45, 7) is 0. The highest BCUT2D eigenvalue weighted by molar-refractivity contribution is 9.10. The first kappa shape index (κ1) is 13.1. The zero-order chi connectivity index (χ0) is 14.6. The van der Waals surface area contributed by atoms with E-state index in [1.54, 1.807) is 6.07 Å². The molecule has 0 radical (unpaired) electrons. The Labute approximate surface area is 127 Å². The van der Waals surface area contributed by atoms with Crippen LogP contribution in [0.4, 0.5) is 5.69 Å². The molecule has 3 rings (SSSR count). The van der Waals surface area contributed by atoms with Crippen molar-refractivity contribution in [3.63, 3.8) is 0 Å². The Balaban J connectivity index is 2.45. The van der Waals surface area contributed by atoms with Crippen LogP contribution in [0.15, 0.2) is 28.7 Å². The first-order chi connectivity index (χ1) is 9.43. The molecular weight excluding hydrogens is 346 g/mol. The van der Waals surface area contributed by atoms with Gasteiger partial charge in [0.2, 0.25) is 0 Å². The monoisotopic (exact) mass is 351 g/mol. The van der Waals surface area contributed by atoms with Gasteiger partial charge in [0.15, 0.2) is 11.6 Å². The SMILES string of the molecule is Nc1c(Br)cc(O)c2c1C(=O)c1c(Cl)cccc1C2=O. The zero-order valence-electron chi connectivity index (χ0n) is 9.91. The summed E-state index contributed by atoms with van der Waals surface area (Å²) in [7, 11) is 0. The average molecular weight is 353 g/mol. The van der Waals surface area contributed by atoms with Gasteiger partial charge in [-0.1, -0.05) is 23.7 Å². The molecule has 100 valence electrons. The van der Waals surface area contributed by atoms with Crippen LogP contribution in [0.2, 0.25) is 5.02 Å². The van der Waals surface area contributed by atoms with E-state index in [1.165, 1.54) is 18.2 Å². The molecule has 0 saturated carbocycles. The van der Waals surface area contributed by atoms with E-state index in [-0.39, 0.29) is 38.7 Å². The number of hydrogen-bond donors (Lipinski definition) is 2. The molecule has 1 aliphatic carbocycles. The average Bonchev–Trinajstić information content (AvgIpc) is 2.40. The van der Waals surface area contributed by atoms with Crippen LogP contribution in [0.5, 0.6) is 5.75 Å². The molecule has 0 saturated heterocycles.